The lowest BCUT2D eigenvalue weighted by Crippen LogP contribution is -2.55. The van der Waals surface area contributed by atoms with Crippen LogP contribution in [0.25, 0.3) is 0 Å². The molecule has 0 N–H and O–H groups in total. The number of esters is 1. The van der Waals surface area contributed by atoms with Crippen molar-refractivity contribution in [2.45, 2.75) is 125 Å². The van der Waals surface area contributed by atoms with Crippen LogP contribution < -0.4 is 0 Å². The summed E-state index contributed by atoms with van der Waals surface area (Å²) >= 11 is 0. The standard InChI is InChI=1S/C37H58O3Si/c1-25(24-39-41(9,10)34(2,3)4)28-17-18-29-27-16-19-31-35(5,6)32(40-33(38)26-14-12-11-13-15-26)21-23-37(31,8)30(27)20-22-36(28,29)7/h11-15,19,25,27-30,32H,16-18,20-24H2,1-10H3/t25-,27+,28+,29+,30+,32+,36-,37+/m1/s1. The smallest absolute Gasteiger partial charge is 0.338 e. The lowest BCUT2D eigenvalue weighted by molar-refractivity contribution is -0.0837. The SMILES string of the molecule is C[C@H](CO[Si](C)(C)C(C)(C)C)[C@@H]1CC[C@H]2[C@@H]3CC=C4C(C)(C)[C@@H](OC(=O)c5ccccc5)CC[C@@]4(C)[C@H]3CC[C@@]21C. The Kier molecular flexibility index (Phi) is 8.06. The van der Waals surface area contributed by atoms with Crippen LogP contribution in [0.2, 0.25) is 18.1 Å². The minimum Gasteiger partial charge on any atom is -0.458 e. The van der Waals surface area contributed by atoms with E-state index in [0.717, 1.165) is 43.1 Å². The van der Waals surface area contributed by atoms with Crippen LogP contribution in [-0.4, -0.2) is 27.0 Å². The molecule has 0 radical (unpaired) electrons. The molecule has 1 aromatic rings. The lowest BCUT2D eigenvalue weighted by atomic mass is 9.44. The average molecular weight is 579 g/mol. The Hall–Kier alpha value is -1.39. The van der Waals surface area contributed by atoms with Crippen LogP contribution in [0.4, 0.5) is 0 Å². The fourth-order valence-electron chi connectivity index (χ4n) is 10.0. The van der Waals surface area contributed by atoms with Crippen molar-refractivity contribution in [3.63, 3.8) is 0 Å². The molecule has 228 valence electrons. The van der Waals surface area contributed by atoms with E-state index in [4.69, 9.17) is 9.16 Å². The predicted octanol–water partition coefficient (Wildman–Crippen LogP) is 10.1. The van der Waals surface area contributed by atoms with Crippen LogP contribution in [0.1, 0.15) is 111 Å². The highest BCUT2D eigenvalue weighted by Gasteiger charge is 2.61. The summed E-state index contributed by atoms with van der Waals surface area (Å²) in [6, 6.07) is 9.50. The first kappa shape index (κ1) is 31.0. The Balaban J connectivity index is 1.31. The van der Waals surface area contributed by atoms with Crippen molar-refractivity contribution in [3.05, 3.63) is 47.5 Å². The van der Waals surface area contributed by atoms with Gasteiger partial charge in [0.05, 0.1) is 5.56 Å². The van der Waals surface area contributed by atoms with Crippen molar-refractivity contribution >= 4 is 14.3 Å². The predicted molar refractivity (Wildman–Crippen MR) is 172 cm³/mol. The molecule has 0 spiro atoms. The van der Waals surface area contributed by atoms with E-state index in [-0.39, 0.29) is 27.9 Å². The van der Waals surface area contributed by atoms with E-state index in [0.29, 0.717) is 16.9 Å². The molecule has 0 amide bonds. The highest BCUT2D eigenvalue weighted by atomic mass is 28.4. The molecule has 0 saturated heterocycles. The average Bonchev–Trinajstić information content (AvgIpc) is 3.26. The molecule has 0 bridgehead atoms. The summed E-state index contributed by atoms with van der Waals surface area (Å²) in [5, 5.41) is 0.265. The van der Waals surface area contributed by atoms with E-state index >= 15 is 0 Å². The Morgan fingerprint density at radius 3 is 2.32 bits per heavy atom. The number of hydrogen-bond acceptors (Lipinski definition) is 3. The molecule has 3 saturated carbocycles. The maximum atomic E-state index is 13.0. The van der Waals surface area contributed by atoms with Gasteiger partial charge < -0.3 is 9.16 Å². The van der Waals surface area contributed by atoms with Gasteiger partial charge in [-0.3, -0.25) is 0 Å². The second-order valence-corrected chi connectivity index (χ2v) is 21.8. The number of ether oxygens (including phenoxy) is 1. The molecule has 4 aliphatic rings. The van der Waals surface area contributed by atoms with E-state index in [1.165, 1.54) is 32.1 Å². The summed E-state index contributed by atoms with van der Waals surface area (Å²) in [6.45, 7) is 25.2. The Bertz CT molecular complexity index is 1150. The van der Waals surface area contributed by atoms with Gasteiger partial charge in [0.2, 0.25) is 0 Å². The maximum absolute atomic E-state index is 13.0. The number of fused-ring (bicyclic) bond motifs is 5. The zero-order valence-corrected chi connectivity index (χ0v) is 28.8. The molecule has 0 heterocycles. The number of allylic oxidation sites excluding steroid dienone is 1. The van der Waals surface area contributed by atoms with Gasteiger partial charge >= 0.3 is 5.97 Å². The number of benzene rings is 1. The van der Waals surface area contributed by atoms with Gasteiger partial charge in [-0.1, -0.05) is 85.2 Å². The molecule has 3 fully saturated rings. The molecule has 0 aromatic heterocycles. The zero-order chi connectivity index (χ0) is 30.0. The Morgan fingerprint density at radius 1 is 0.976 bits per heavy atom. The summed E-state index contributed by atoms with van der Waals surface area (Å²) in [7, 11) is -1.73. The highest BCUT2D eigenvalue weighted by molar-refractivity contribution is 6.74. The second kappa shape index (κ2) is 10.6. The van der Waals surface area contributed by atoms with Crippen LogP contribution in [0.3, 0.4) is 0 Å². The number of rotatable bonds is 6. The van der Waals surface area contributed by atoms with E-state index in [1.807, 2.05) is 30.3 Å². The molecule has 1 aromatic carbocycles. The zero-order valence-electron chi connectivity index (χ0n) is 27.8. The quantitative estimate of drug-likeness (QED) is 0.191. The summed E-state index contributed by atoms with van der Waals surface area (Å²) in [5.41, 5.74) is 2.71. The third-order valence-electron chi connectivity index (χ3n) is 13.4. The van der Waals surface area contributed by atoms with Crippen molar-refractivity contribution in [2.24, 2.45) is 45.8 Å². The summed E-state index contributed by atoms with van der Waals surface area (Å²) in [4.78, 5) is 13.0. The molecule has 0 aliphatic heterocycles. The number of carbonyl (C=O) groups excluding carboxylic acids is 1. The molecule has 3 nitrogen and oxygen atoms in total. The third-order valence-corrected chi connectivity index (χ3v) is 17.9. The molecule has 8 atom stereocenters. The van der Waals surface area contributed by atoms with Crippen LogP contribution in [0.5, 0.6) is 0 Å². The van der Waals surface area contributed by atoms with Gasteiger partial charge in [-0.2, -0.15) is 0 Å². The van der Waals surface area contributed by atoms with E-state index in [2.05, 4.69) is 74.6 Å². The molecule has 0 unspecified atom stereocenters. The molecular formula is C37H58O3Si. The topological polar surface area (TPSA) is 35.5 Å². The van der Waals surface area contributed by atoms with Gasteiger partial charge in [0.25, 0.3) is 0 Å². The third kappa shape index (κ3) is 5.21. The van der Waals surface area contributed by atoms with Gasteiger partial charge in [0, 0.05) is 12.0 Å². The molecule has 4 aliphatic carbocycles. The fraction of sp³-hybridized carbons (Fsp3) is 0.757. The van der Waals surface area contributed by atoms with Crippen molar-refractivity contribution in [1.82, 2.24) is 0 Å². The van der Waals surface area contributed by atoms with Crippen LogP contribution in [0, 0.1) is 45.8 Å². The summed E-state index contributed by atoms with van der Waals surface area (Å²) in [6.07, 6.45) is 11.3. The van der Waals surface area contributed by atoms with Crippen molar-refractivity contribution in [3.8, 4) is 0 Å². The van der Waals surface area contributed by atoms with Gasteiger partial charge in [-0.25, -0.2) is 4.79 Å². The van der Waals surface area contributed by atoms with Crippen LogP contribution in [0.15, 0.2) is 42.0 Å². The van der Waals surface area contributed by atoms with Crippen LogP contribution in [-0.2, 0) is 9.16 Å². The molecule has 41 heavy (non-hydrogen) atoms. The van der Waals surface area contributed by atoms with Gasteiger partial charge in [-0.05, 0) is 116 Å². The summed E-state index contributed by atoms with van der Waals surface area (Å²) < 4.78 is 13.0. The van der Waals surface area contributed by atoms with Gasteiger partial charge in [0.15, 0.2) is 8.32 Å². The van der Waals surface area contributed by atoms with Crippen molar-refractivity contribution < 1.29 is 14.0 Å². The number of carbonyl (C=O) groups is 1. The second-order valence-electron chi connectivity index (χ2n) is 16.9. The lowest BCUT2D eigenvalue weighted by Gasteiger charge is -2.61. The largest absolute Gasteiger partial charge is 0.458 e. The van der Waals surface area contributed by atoms with E-state index < -0.39 is 8.32 Å². The van der Waals surface area contributed by atoms with Crippen molar-refractivity contribution in [1.29, 1.82) is 0 Å². The van der Waals surface area contributed by atoms with Gasteiger partial charge in [0.1, 0.15) is 6.10 Å². The first-order chi connectivity index (χ1) is 19.0. The fourth-order valence-corrected chi connectivity index (χ4v) is 11.1. The van der Waals surface area contributed by atoms with E-state index in [9.17, 15) is 4.79 Å². The van der Waals surface area contributed by atoms with Crippen LogP contribution >= 0.6 is 0 Å². The molecule has 5 rings (SSSR count). The highest BCUT2D eigenvalue weighted by Crippen LogP contribution is 2.69. The normalized spacial score (nSPS) is 37.3. The van der Waals surface area contributed by atoms with Crippen molar-refractivity contribution in [2.75, 3.05) is 6.61 Å². The minimum atomic E-state index is -1.73. The molecular weight excluding hydrogens is 520 g/mol. The molecule has 4 heteroatoms. The van der Waals surface area contributed by atoms with E-state index in [1.54, 1.807) is 5.57 Å². The first-order valence-corrected chi connectivity index (χ1v) is 19.5. The Morgan fingerprint density at radius 2 is 1.66 bits per heavy atom. The summed E-state index contributed by atoms with van der Waals surface area (Å²) in [5.74, 6) is 3.53. The van der Waals surface area contributed by atoms with Gasteiger partial charge in [-0.15, -0.1) is 0 Å². The minimum absolute atomic E-state index is 0.0717. The number of hydrogen-bond donors (Lipinski definition) is 0. The monoisotopic (exact) mass is 578 g/mol. The maximum Gasteiger partial charge on any atom is 0.338 e. The Labute approximate surface area is 252 Å². The first-order valence-electron chi connectivity index (χ1n) is 16.6.